The molecule has 156 valence electrons. The first-order chi connectivity index (χ1) is 14.4. The van der Waals surface area contributed by atoms with Crippen LogP contribution in [0.1, 0.15) is 23.9 Å². The number of H-pyrrole nitrogens is 1. The lowest BCUT2D eigenvalue weighted by Gasteiger charge is -2.10. The number of methoxy groups -OCH3 is 1. The summed E-state index contributed by atoms with van der Waals surface area (Å²) in [6, 6.07) is 10.1. The first-order valence-electron chi connectivity index (χ1n) is 9.29. The summed E-state index contributed by atoms with van der Waals surface area (Å²) in [6.07, 6.45) is 0.560. The van der Waals surface area contributed by atoms with Crippen LogP contribution in [0.4, 0.5) is 5.82 Å². The molecule has 0 radical (unpaired) electrons. The molecule has 3 rings (SSSR count). The second-order valence-corrected chi connectivity index (χ2v) is 6.45. The SMILES string of the molecule is CCc1cc(=O)[nH]c(-n2nc(C)cc2NC(=O)C(=O)NCc2ccccc2OC)n1. The van der Waals surface area contributed by atoms with Crippen molar-refractivity contribution in [1.29, 1.82) is 0 Å². The normalized spacial score (nSPS) is 10.5. The molecule has 3 N–H and O–H groups in total. The van der Waals surface area contributed by atoms with Gasteiger partial charge < -0.3 is 15.4 Å². The van der Waals surface area contributed by atoms with Crippen molar-refractivity contribution in [2.24, 2.45) is 0 Å². The standard InChI is InChI=1S/C20H22N6O4/c1-4-14-10-17(27)24-20(22-14)26-16(9-12(2)25-26)23-19(29)18(28)21-11-13-7-5-6-8-15(13)30-3/h5-10H,4,11H2,1-3H3,(H,21,28)(H,23,29)(H,22,24,27). The molecule has 0 aliphatic rings. The largest absolute Gasteiger partial charge is 0.496 e. The van der Waals surface area contributed by atoms with Crippen LogP contribution in [-0.2, 0) is 22.6 Å². The first kappa shape index (κ1) is 20.8. The molecule has 0 unspecified atom stereocenters. The van der Waals surface area contributed by atoms with Crippen molar-refractivity contribution in [3.05, 3.63) is 63.7 Å². The highest BCUT2D eigenvalue weighted by Crippen LogP contribution is 2.17. The van der Waals surface area contributed by atoms with E-state index in [4.69, 9.17) is 4.74 Å². The zero-order valence-corrected chi connectivity index (χ0v) is 16.9. The topological polar surface area (TPSA) is 131 Å². The molecule has 1 aromatic carbocycles. The predicted molar refractivity (Wildman–Crippen MR) is 110 cm³/mol. The number of hydrogen-bond acceptors (Lipinski definition) is 6. The Morgan fingerprint density at radius 1 is 1.20 bits per heavy atom. The van der Waals surface area contributed by atoms with Crippen molar-refractivity contribution in [3.63, 3.8) is 0 Å². The summed E-state index contributed by atoms with van der Waals surface area (Å²) < 4.78 is 6.51. The Balaban J connectivity index is 1.75. The molecule has 10 nitrogen and oxygen atoms in total. The van der Waals surface area contributed by atoms with E-state index in [0.717, 1.165) is 5.56 Å². The number of rotatable bonds is 6. The van der Waals surface area contributed by atoms with Crippen LogP contribution < -0.4 is 20.9 Å². The van der Waals surface area contributed by atoms with E-state index < -0.39 is 11.8 Å². The molecule has 0 bridgehead atoms. The molecule has 0 atom stereocenters. The number of hydrogen-bond donors (Lipinski definition) is 3. The number of nitrogens with zero attached hydrogens (tertiary/aromatic N) is 3. The van der Waals surface area contributed by atoms with Gasteiger partial charge in [0.1, 0.15) is 11.6 Å². The summed E-state index contributed by atoms with van der Waals surface area (Å²) in [5.41, 5.74) is 1.55. The lowest BCUT2D eigenvalue weighted by molar-refractivity contribution is -0.136. The van der Waals surface area contributed by atoms with Gasteiger partial charge in [-0.25, -0.2) is 4.98 Å². The van der Waals surface area contributed by atoms with E-state index in [1.807, 2.05) is 19.1 Å². The van der Waals surface area contributed by atoms with Crippen LogP contribution in [0.3, 0.4) is 0 Å². The molecule has 0 saturated carbocycles. The number of carbonyl (C=O) groups is 2. The van der Waals surface area contributed by atoms with Gasteiger partial charge in [-0.15, -0.1) is 0 Å². The van der Waals surface area contributed by atoms with Gasteiger partial charge in [0.25, 0.3) is 5.56 Å². The maximum absolute atomic E-state index is 12.4. The van der Waals surface area contributed by atoms with Crippen molar-refractivity contribution >= 4 is 17.6 Å². The number of nitrogens with one attached hydrogen (secondary N) is 3. The van der Waals surface area contributed by atoms with E-state index >= 15 is 0 Å². The van der Waals surface area contributed by atoms with E-state index in [9.17, 15) is 14.4 Å². The van der Waals surface area contributed by atoms with Crippen molar-refractivity contribution < 1.29 is 14.3 Å². The average molecular weight is 410 g/mol. The van der Waals surface area contributed by atoms with Gasteiger partial charge in [0.2, 0.25) is 5.95 Å². The van der Waals surface area contributed by atoms with Crippen molar-refractivity contribution in [2.45, 2.75) is 26.8 Å². The first-order valence-corrected chi connectivity index (χ1v) is 9.29. The number of aromatic amines is 1. The third kappa shape index (κ3) is 4.72. The summed E-state index contributed by atoms with van der Waals surface area (Å²) in [5.74, 6) is -0.730. The van der Waals surface area contributed by atoms with E-state index in [0.29, 0.717) is 23.6 Å². The Kier molecular flexibility index (Phi) is 6.26. The summed E-state index contributed by atoms with van der Waals surface area (Å²) in [5, 5.41) is 9.31. The maximum Gasteiger partial charge on any atom is 0.314 e. The number of anilines is 1. The number of benzene rings is 1. The van der Waals surface area contributed by atoms with Gasteiger partial charge in [-0.1, -0.05) is 25.1 Å². The predicted octanol–water partition coefficient (Wildman–Crippen LogP) is 1.09. The molecule has 0 aliphatic heterocycles. The van der Waals surface area contributed by atoms with Gasteiger partial charge in [-0.2, -0.15) is 9.78 Å². The number of aryl methyl sites for hydroxylation is 2. The molecule has 0 saturated heterocycles. The number of para-hydroxylation sites is 1. The Morgan fingerprint density at radius 3 is 2.70 bits per heavy atom. The molecule has 0 aliphatic carbocycles. The number of aromatic nitrogens is 4. The summed E-state index contributed by atoms with van der Waals surface area (Å²) in [4.78, 5) is 43.4. The lowest BCUT2D eigenvalue weighted by atomic mass is 10.2. The quantitative estimate of drug-likeness (QED) is 0.522. The monoisotopic (exact) mass is 410 g/mol. The molecule has 0 spiro atoms. The van der Waals surface area contributed by atoms with Gasteiger partial charge in [-0.3, -0.25) is 19.4 Å². The van der Waals surface area contributed by atoms with Crippen LogP contribution in [0.15, 0.2) is 41.2 Å². The molecular formula is C20H22N6O4. The van der Waals surface area contributed by atoms with E-state index in [-0.39, 0.29) is 23.9 Å². The Morgan fingerprint density at radius 2 is 1.97 bits per heavy atom. The van der Waals surface area contributed by atoms with E-state index in [1.165, 1.54) is 17.9 Å². The van der Waals surface area contributed by atoms with Crippen molar-refractivity contribution in [2.75, 3.05) is 12.4 Å². The van der Waals surface area contributed by atoms with Crippen LogP contribution in [-0.4, -0.2) is 38.7 Å². The summed E-state index contributed by atoms with van der Waals surface area (Å²) >= 11 is 0. The minimum absolute atomic E-state index is 0.127. The number of carbonyl (C=O) groups excluding carboxylic acids is 2. The molecule has 2 amide bonds. The van der Waals surface area contributed by atoms with Gasteiger partial charge in [0.05, 0.1) is 12.8 Å². The Hall–Kier alpha value is -3.95. The molecule has 0 fully saturated rings. The zero-order chi connectivity index (χ0) is 21.7. The van der Waals surface area contributed by atoms with Gasteiger partial charge in [0.15, 0.2) is 0 Å². The van der Waals surface area contributed by atoms with Gasteiger partial charge in [0, 0.05) is 29.9 Å². The Labute approximate surface area is 172 Å². The van der Waals surface area contributed by atoms with E-state index in [1.54, 1.807) is 25.1 Å². The van der Waals surface area contributed by atoms with Gasteiger partial charge in [-0.05, 0) is 19.4 Å². The lowest BCUT2D eigenvalue weighted by Crippen LogP contribution is -2.35. The number of ether oxygens (including phenoxy) is 1. The fourth-order valence-corrected chi connectivity index (χ4v) is 2.80. The minimum Gasteiger partial charge on any atom is -0.496 e. The van der Waals surface area contributed by atoms with E-state index in [2.05, 4.69) is 25.7 Å². The van der Waals surface area contributed by atoms with Crippen LogP contribution in [0.5, 0.6) is 5.75 Å². The second kappa shape index (κ2) is 9.03. The number of amides is 2. The fourth-order valence-electron chi connectivity index (χ4n) is 2.80. The second-order valence-electron chi connectivity index (χ2n) is 6.45. The minimum atomic E-state index is -0.875. The third-order valence-electron chi connectivity index (χ3n) is 4.26. The summed E-state index contributed by atoms with van der Waals surface area (Å²) in [6.45, 7) is 3.71. The highest BCUT2D eigenvalue weighted by Gasteiger charge is 2.18. The molecule has 30 heavy (non-hydrogen) atoms. The average Bonchev–Trinajstić information content (AvgIpc) is 3.11. The zero-order valence-electron chi connectivity index (χ0n) is 16.9. The van der Waals surface area contributed by atoms with Crippen LogP contribution in [0.25, 0.3) is 5.95 Å². The van der Waals surface area contributed by atoms with Gasteiger partial charge >= 0.3 is 11.8 Å². The molecule has 2 heterocycles. The van der Waals surface area contributed by atoms with Crippen LogP contribution in [0.2, 0.25) is 0 Å². The molecule has 3 aromatic rings. The Bertz CT molecular complexity index is 1130. The van der Waals surface area contributed by atoms with Crippen molar-refractivity contribution in [1.82, 2.24) is 25.1 Å². The highest BCUT2D eigenvalue weighted by molar-refractivity contribution is 6.39. The third-order valence-corrected chi connectivity index (χ3v) is 4.26. The highest BCUT2D eigenvalue weighted by atomic mass is 16.5. The molecule has 2 aromatic heterocycles. The summed E-state index contributed by atoms with van der Waals surface area (Å²) in [7, 11) is 1.53. The molecule has 10 heteroatoms. The smallest absolute Gasteiger partial charge is 0.314 e. The molecular weight excluding hydrogens is 388 g/mol. The van der Waals surface area contributed by atoms with Crippen LogP contribution in [0, 0.1) is 6.92 Å². The fraction of sp³-hybridized carbons (Fsp3) is 0.250. The maximum atomic E-state index is 12.4. The van der Waals surface area contributed by atoms with Crippen molar-refractivity contribution in [3.8, 4) is 11.7 Å². The van der Waals surface area contributed by atoms with Crippen LogP contribution >= 0.6 is 0 Å².